The maximum atomic E-state index is 12.8. The Morgan fingerprint density at radius 3 is 2.65 bits per heavy atom. The summed E-state index contributed by atoms with van der Waals surface area (Å²) in [5, 5.41) is 0.819. The fourth-order valence-corrected chi connectivity index (χ4v) is 4.37. The summed E-state index contributed by atoms with van der Waals surface area (Å²) >= 11 is 12.8. The Morgan fingerprint density at radius 1 is 1.13 bits per heavy atom. The van der Waals surface area contributed by atoms with E-state index in [0.29, 0.717) is 21.1 Å². The van der Waals surface area contributed by atoms with Gasteiger partial charge in [0.05, 0.1) is 21.8 Å². The lowest BCUT2D eigenvalue weighted by Gasteiger charge is -2.17. The van der Waals surface area contributed by atoms with Gasteiger partial charge in [0.2, 0.25) is 10.0 Å². The molecule has 120 valence electrons. The number of fused-ring (bicyclic) bond motifs is 1. The average molecular weight is 388 g/mol. The molecule has 0 aliphatic rings. The molecule has 0 radical (unpaired) electrons. The van der Waals surface area contributed by atoms with E-state index in [-0.39, 0.29) is 11.4 Å². The molecule has 1 aromatic heterocycles. The van der Waals surface area contributed by atoms with Gasteiger partial charge in [-0.05, 0) is 29.8 Å². The summed E-state index contributed by atoms with van der Waals surface area (Å²) in [6.07, 6.45) is 0. The highest BCUT2D eigenvalue weighted by molar-refractivity contribution is 7.89. The van der Waals surface area contributed by atoms with Crippen molar-refractivity contribution in [3.05, 3.63) is 52.0 Å². The summed E-state index contributed by atoms with van der Waals surface area (Å²) in [5.74, 6) is 0. The molecule has 0 atom stereocenters. The van der Waals surface area contributed by atoms with E-state index in [4.69, 9.17) is 23.2 Å². The molecule has 0 unspecified atom stereocenters. The molecule has 5 nitrogen and oxygen atoms in total. The molecular formula is C14H11Cl2N3O2S2. The summed E-state index contributed by atoms with van der Waals surface area (Å²) in [7, 11) is -2.18. The lowest BCUT2D eigenvalue weighted by Crippen LogP contribution is -2.26. The van der Waals surface area contributed by atoms with Crippen LogP contribution in [0, 0.1) is 0 Å². The van der Waals surface area contributed by atoms with Gasteiger partial charge >= 0.3 is 0 Å². The minimum Gasteiger partial charge on any atom is -0.207 e. The zero-order valence-corrected chi connectivity index (χ0v) is 15.0. The van der Waals surface area contributed by atoms with Crippen molar-refractivity contribution in [2.45, 2.75) is 11.4 Å². The summed E-state index contributed by atoms with van der Waals surface area (Å²) < 4.78 is 35.0. The fourth-order valence-electron chi connectivity index (χ4n) is 2.14. The maximum Gasteiger partial charge on any atom is 0.245 e. The van der Waals surface area contributed by atoms with Gasteiger partial charge in [-0.1, -0.05) is 35.3 Å². The molecule has 0 bridgehead atoms. The summed E-state index contributed by atoms with van der Waals surface area (Å²) in [4.78, 5) is 0.145. The van der Waals surface area contributed by atoms with E-state index in [2.05, 4.69) is 8.75 Å². The largest absolute Gasteiger partial charge is 0.245 e. The van der Waals surface area contributed by atoms with Gasteiger partial charge in [0.15, 0.2) is 0 Å². The molecule has 0 amide bonds. The van der Waals surface area contributed by atoms with E-state index in [0.717, 1.165) is 17.3 Å². The Bertz CT molecular complexity index is 973. The first kappa shape index (κ1) is 16.6. The number of nitrogens with zero attached hydrogens (tertiary/aromatic N) is 3. The van der Waals surface area contributed by atoms with Crippen molar-refractivity contribution in [2.75, 3.05) is 7.05 Å². The van der Waals surface area contributed by atoms with Gasteiger partial charge in [0, 0.05) is 13.6 Å². The molecule has 1 heterocycles. The van der Waals surface area contributed by atoms with Gasteiger partial charge in [-0.15, -0.1) is 0 Å². The second kappa shape index (κ2) is 6.33. The van der Waals surface area contributed by atoms with Crippen LogP contribution >= 0.6 is 34.9 Å². The highest BCUT2D eigenvalue weighted by Crippen LogP contribution is 2.26. The van der Waals surface area contributed by atoms with E-state index in [1.54, 1.807) is 30.3 Å². The van der Waals surface area contributed by atoms with Crippen LogP contribution in [0.3, 0.4) is 0 Å². The number of hydrogen-bond acceptors (Lipinski definition) is 5. The molecule has 3 aromatic rings. The van der Waals surface area contributed by atoms with Crippen LogP contribution in [0.2, 0.25) is 10.0 Å². The molecule has 0 aliphatic carbocycles. The monoisotopic (exact) mass is 387 g/mol. The highest BCUT2D eigenvalue weighted by Gasteiger charge is 2.24. The van der Waals surface area contributed by atoms with Crippen LogP contribution in [-0.4, -0.2) is 28.5 Å². The number of halogens is 2. The van der Waals surface area contributed by atoms with Crippen LogP contribution in [0.4, 0.5) is 0 Å². The molecule has 0 spiro atoms. The second-order valence-electron chi connectivity index (χ2n) is 4.90. The Kier molecular flexibility index (Phi) is 4.57. The molecule has 2 aromatic carbocycles. The molecule has 0 fully saturated rings. The number of rotatable bonds is 4. The van der Waals surface area contributed by atoms with Gasteiger partial charge in [-0.3, -0.25) is 0 Å². The van der Waals surface area contributed by atoms with Crippen molar-refractivity contribution in [1.82, 2.24) is 13.1 Å². The third-order valence-electron chi connectivity index (χ3n) is 3.33. The normalized spacial score (nSPS) is 12.2. The predicted octanol–water partition coefficient (Wildman–Crippen LogP) is 3.82. The quantitative estimate of drug-likeness (QED) is 0.682. The van der Waals surface area contributed by atoms with Crippen molar-refractivity contribution in [3.8, 4) is 0 Å². The van der Waals surface area contributed by atoms with E-state index in [1.807, 2.05) is 0 Å². The van der Waals surface area contributed by atoms with Crippen molar-refractivity contribution < 1.29 is 8.42 Å². The summed E-state index contributed by atoms with van der Waals surface area (Å²) in [5.41, 5.74) is 1.70. The first-order valence-corrected chi connectivity index (χ1v) is 9.44. The third kappa shape index (κ3) is 3.20. The Balaban J connectivity index is 1.95. The maximum absolute atomic E-state index is 12.8. The van der Waals surface area contributed by atoms with Crippen molar-refractivity contribution in [1.29, 1.82) is 0 Å². The van der Waals surface area contributed by atoms with Crippen molar-refractivity contribution >= 4 is 56.0 Å². The minimum atomic E-state index is -3.70. The second-order valence-corrected chi connectivity index (χ2v) is 8.25. The van der Waals surface area contributed by atoms with Crippen LogP contribution in [0.5, 0.6) is 0 Å². The zero-order valence-electron chi connectivity index (χ0n) is 11.9. The Hall–Kier alpha value is -1.25. The molecular weight excluding hydrogens is 377 g/mol. The summed E-state index contributed by atoms with van der Waals surface area (Å²) in [6.45, 7) is 0.174. The lowest BCUT2D eigenvalue weighted by molar-refractivity contribution is 0.467. The van der Waals surface area contributed by atoms with Gasteiger partial charge in [0.25, 0.3) is 0 Å². The molecule has 0 saturated carbocycles. The van der Waals surface area contributed by atoms with Crippen LogP contribution in [-0.2, 0) is 16.6 Å². The van der Waals surface area contributed by atoms with Gasteiger partial charge in [0.1, 0.15) is 15.9 Å². The average Bonchev–Trinajstić information content (AvgIpc) is 2.99. The fraction of sp³-hybridized carbons (Fsp3) is 0.143. The summed E-state index contributed by atoms with van der Waals surface area (Å²) in [6, 6.07) is 9.96. The molecule has 0 saturated heterocycles. The van der Waals surface area contributed by atoms with Gasteiger partial charge in [-0.25, -0.2) is 8.42 Å². The van der Waals surface area contributed by atoms with E-state index in [1.165, 1.54) is 17.4 Å². The zero-order chi connectivity index (χ0) is 16.6. The number of hydrogen-bond donors (Lipinski definition) is 0. The number of benzene rings is 2. The minimum absolute atomic E-state index is 0.145. The lowest BCUT2D eigenvalue weighted by atomic mass is 10.2. The van der Waals surface area contributed by atoms with Gasteiger partial charge in [-0.2, -0.15) is 13.1 Å². The standard InChI is InChI=1S/C14H11Cl2N3O2S2/c1-19(8-9-5-6-10(15)11(16)7-9)23(20,21)13-4-2-3-12-14(13)18-22-17-12/h2-7H,8H2,1H3. The van der Waals surface area contributed by atoms with Crippen molar-refractivity contribution in [3.63, 3.8) is 0 Å². The Morgan fingerprint density at radius 2 is 1.91 bits per heavy atom. The first-order chi connectivity index (χ1) is 10.9. The van der Waals surface area contributed by atoms with Crippen LogP contribution in [0.15, 0.2) is 41.3 Å². The topological polar surface area (TPSA) is 63.2 Å². The van der Waals surface area contributed by atoms with Gasteiger partial charge < -0.3 is 0 Å². The molecule has 0 N–H and O–H groups in total. The Labute approximate surface area is 147 Å². The first-order valence-electron chi connectivity index (χ1n) is 6.51. The molecule has 23 heavy (non-hydrogen) atoms. The third-order valence-corrected chi connectivity index (χ3v) is 6.44. The van der Waals surface area contributed by atoms with Crippen LogP contribution in [0.1, 0.15) is 5.56 Å². The van der Waals surface area contributed by atoms with E-state index >= 15 is 0 Å². The van der Waals surface area contributed by atoms with E-state index in [9.17, 15) is 8.42 Å². The molecule has 9 heteroatoms. The van der Waals surface area contributed by atoms with E-state index < -0.39 is 10.0 Å². The highest BCUT2D eigenvalue weighted by atomic mass is 35.5. The predicted molar refractivity (Wildman–Crippen MR) is 92.5 cm³/mol. The van der Waals surface area contributed by atoms with Crippen LogP contribution in [0.25, 0.3) is 11.0 Å². The molecule has 3 rings (SSSR count). The smallest absolute Gasteiger partial charge is 0.207 e. The SMILES string of the molecule is CN(Cc1ccc(Cl)c(Cl)c1)S(=O)(=O)c1cccc2nsnc12. The number of aromatic nitrogens is 2. The number of sulfonamides is 1. The van der Waals surface area contributed by atoms with Crippen molar-refractivity contribution in [2.24, 2.45) is 0 Å². The van der Waals surface area contributed by atoms with Crippen LogP contribution < -0.4 is 0 Å². The molecule has 0 aliphatic heterocycles.